The van der Waals surface area contributed by atoms with Gasteiger partial charge in [0, 0.05) is 18.5 Å². The first kappa shape index (κ1) is 18.2. The Balaban J connectivity index is 0.00000192. The minimum Gasteiger partial charge on any atom is -0.341 e. The van der Waals surface area contributed by atoms with E-state index in [0.29, 0.717) is 18.3 Å². The molecule has 130 valence electrons. The van der Waals surface area contributed by atoms with Crippen LogP contribution in [-0.4, -0.2) is 34.0 Å². The van der Waals surface area contributed by atoms with Crippen molar-refractivity contribution in [1.29, 1.82) is 0 Å². The third kappa shape index (κ3) is 3.53. The lowest BCUT2D eigenvalue weighted by molar-refractivity contribution is -0.140. The van der Waals surface area contributed by atoms with Crippen molar-refractivity contribution in [2.75, 3.05) is 13.1 Å². The number of nitrogens with two attached hydrogens (primary N) is 1. The molecular formula is C16H27ClN4O2. The number of hydrogen-bond donors (Lipinski definition) is 1. The molecule has 1 amide bonds. The van der Waals surface area contributed by atoms with Crippen LogP contribution in [0.15, 0.2) is 4.52 Å². The van der Waals surface area contributed by atoms with E-state index in [1.54, 1.807) is 0 Å². The van der Waals surface area contributed by atoms with Crippen LogP contribution in [0.2, 0.25) is 0 Å². The molecule has 2 fully saturated rings. The van der Waals surface area contributed by atoms with E-state index in [1.165, 1.54) is 0 Å². The highest BCUT2D eigenvalue weighted by molar-refractivity contribution is 5.85. The topological polar surface area (TPSA) is 85.2 Å². The van der Waals surface area contributed by atoms with Gasteiger partial charge in [-0.1, -0.05) is 25.9 Å². The van der Waals surface area contributed by atoms with Gasteiger partial charge >= 0.3 is 0 Å². The summed E-state index contributed by atoms with van der Waals surface area (Å²) in [7, 11) is 0. The Morgan fingerprint density at radius 1 is 1.35 bits per heavy atom. The minimum atomic E-state index is -0.392. The molecule has 3 rings (SSSR count). The third-order valence-corrected chi connectivity index (χ3v) is 4.83. The molecule has 1 saturated heterocycles. The van der Waals surface area contributed by atoms with Crippen molar-refractivity contribution >= 4 is 18.3 Å². The van der Waals surface area contributed by atoms with Crippen molar-refractivity contribution in [2.24, 2.45) is 11.1 Å². The predicted molar refractivity (Wildman–Crippen MR) is 89.3 cm³/mol. The first-order chi connectivity index (χ1) is 10.3. The number of likely N-dealkylation sites (tertiary alicyclic amines) is 1. The van der Waals surface area contributed by atoms with Gasteiger partial charge in [-0.25, -0.2) is 0 Å². The molecule has 1 aliphatic heterocycles. The number of hydrogen-bond acceptors (Lipinski definition) is 5. The number of aromatic nitrogens is 2. The molecule has 1 aromatic rings. The predicted octanol–water partition coefficient (Wildman–Crippen LogP) is 2.58. The lowest BCUT2D eigenvalue weighted by Gasteiger charge is -2.35. The van der Waals surface area contributed by atoms with Crippen LogP contribution in [0.1, 0.15) is 70.5 Å². The average Bonchev–Trinajstić information content (AvgIpc) is 2.93. The van der Waals surface area contributed by atoms with Gasteiger partial charge in [0.15, 0.2) is 5.82 Å². The Morgan fingerprint density at radius 2 is 2.04 bits per heavy atom. The first-order valence-electron chi connectivity index (χ1n) is 8.22. The quantitative estimate of drug-likeness (QED) is 0.892. The van der Waals surface area contributed by atoms with Gasteiger partial charge in [0.2, 0.25) is 11.8 Å². The smallest absolute Gasteiger partial charge is 0.231 e. The van der Waals surface area contributed by atoms with E-state index in [1.807, 2.05) is 25.7 Å². The summed E-state index contributed by atoms with van der Waals surface area (Å²) in [6, 6.07) is 0. The van der Waals surface area contributed by atoms with Gasteiger partial charge in [-0.2, -0.15) is 4.98 Å². The summed E-state index contributed by atoms with van der Waals surface area (Å²) in [5.41, 5.74) is 5.51. The van der Waals surface area contributed by atoms with E-state index >= 15 is 0 Å². The Hall–Kier alpha value is -1.14. The van der Waals surface area contributed by atoms with Gasteiger partial charge in [0.25, 0.3) is 0 Å². The number of rotatable bonds is 2. The zero-order valence-electron chi connectivity index (χ0n) is 14.2. The zero-order chi connectivity index (χ0) is 16.0. The van der Waals surface area contributed by atoms with Crippen molar-refractivity contribution in [1.82, 2.24) is 15.0 Å². The van der Waals surface area contributed by atoms with Crippen molar-refractivity contribution in [2.45, 2.75) is 64.3 Å². The van der Waals surface area contributed by atoms with Gasteiger partial charge in [-0.05, 0) is 32.1 Å². The van der Waals surface area contributed by atoms with Gasteiger partial charge in [0.05, 0.1) is 11.5 Å². The molecule has 7 heteroatoms. The summed E-state index contributed by atoms with van der Waals surface area (Å²) in [6.45, 7) is 7.35. The maximum absolute atomic E-state index is 12.5. The van der Waals surface area contributed by atoms with Crippen LogP contribution < -0.4 is 5.73 Å². The summed E-state index contributed by atoms with van der Waals surface area (Å²) in [6.07, 6.45) is 4.92. The van der Waals surface area contributed by atoms with Crippen LogP contribution in [0.4, 0.5) is 0 Å². The molecule has 1 aliphatic carbocycles. The summed E-state index contributed by atoms with van der Waals surface area (Å²) in [5, 5.41) is 4.09. The highest BCUT2D eigenvalue weighted by atomic mass is 35.5. The molecule has 0 spiro atoms. The van der Waals surface area contributed by atoms with Gasteiger partial charge in [-0.3, -0.25) is 4.79 Å². The van der Waals surface area contributed by atoms with E-state index in [-0.39, 0.29) is 29.6 Å². The molecule has 0 bridgehead atoms. The fraction of sp³-hybridized carbons (Fsp3) is 0.812. The van der Waals surface area contributed by atoms with Crippen LogP contribution in [0.5, 0.6) is 0 Å². The molecule has 1 saturated carbocycles. The second-order valence-corrected chi connectivity index (χ2v) is 7.81. The van der Waals surface area contributed by atoms with Gasteiger partial charge in [0.1, 0.15) is 0 Å². The molecule has 0 aromatic carbocycles. The molecule has 2 heterocycles. The fourth-order valence-corrected chi connectivity index (χ4v) is 3.22. The lowest BCUT2D eigenvalue weighted by Crippen LogP contribution is -2.45. The largest absolute Gasteiger partial charge is 0.341 e. The van der Waals surface area contributed by atoms with Crippen LogP contribution in [0.3, 0.4) is 0 Å². The molecule has 2 aliphatic rings. The number of carbonyl (C=O) groups is 1. The molecule has 0 radical (unpaired) electrons. The van der Waals surface area contributed by atoms with Crippen LogP contribution in [0, 0.1) is 5.41 Å². The minimum absolute atomic E-state index is 0. The van der Waals surface area contributed by atoms with Crippen LogP contribution >= 0.6 is 12.4 Å². The third-order valence-electron chi connectivity index (χ3n) is 4.83. The number of amides is 1. The first-order valence-corrected chi connectivity index (χ1v) is 8.22. The number of nitrogens with zero attached hydrogens (tertiary/aromatic N) is 3. The van der Waals surface area contributed by atoms with E-state index in [4.69, 9.17) is 10.3 Å². The molecule has 1 atom stereocenters. The van der Waals surface area contributed by atoms with Crippen molar-refractivity contribution in [3.05, 3.63) is 11.7 Å². The molecule has 1 unspecified atom stereocenters. The number of carbonyl (C=O) groups excluding carboxylic acids is 1. The SMILES string of the molecule is CC(C)(C)C(=O)N1CCCC(c2nc(C3(N)CCC3)no2)C1.Cl. The van der Waals surface area contributed by atoms with Crippen molar-refractivity contribution < 1.29 is 9.32 Å². The Kier molecular flexibility index (Phi) is 5.06. The summed E-state index contributed by atoms with van der Waals surface area (Å²) in [4.78, 5) is 18.9. The summed E-state index contributed by atoms with van der Waals surface area (Å²) in [5.74, 6) is 1.59. The van der Waals surface area contributed by atoms with Crippen LogP contribution in [-0.2, 0) is 10.3 Å². The molecule has 1 aromatic heterocycles. The molecule has 23 heavy (non-hydrogen) atoms. The van der Waals surface area contributed by atoms with Crippen molar-refractivity contribution in [3.8, 4) is 0 Å². The van der Waals surface area contributed by atoms with Crippen LogP contribution in [0.25, 0.3) is 0 Å². The Morgan fingerprint density at radius 3 is 2.61 bits per heavy atom. The maximum atomic E-state index is 12.5. The number of halogens is 1. The van der Waals surface area contributed by atoms with Crippen molar-refractivity contribution in [3.63, 3.8) is 0 Å². The molecule has 6 nitrogen and oxygen atoms in total. The molecule has 2 N–H and O–H groups in total. The Bertz CT molecular complexity index is 563. The fourth-order valence-electron chi connectivity index (χ4n) is 3.22. The summed E-state index contributed by atoms with van der Waals surface area (Å²) >= 11 is 0. The van der Waals surface area contributed by atoms with E-state index in [0.717, 1.165) is 38.6 Å². The van der Waals surface area contributed by atoms with Gasteiger partial charge in [-0.15, -0.1) is 12.4 Å². The van der Waals surface area contributed by atoms with E-state index in [2.05, 4.69) is 10.1 Å². The zero-order valence-corrected chi connectivity index (χ0v) is 15.0. The van der Waals surface area contributed by atoms with E-state index in [9.17, 15) is 4.79 Å². The Labute approximate surface area is 143 Å². The van der Waals surface area contributed by atoms with E-state index < -0.39 is 5.54 Å². The highest BCUT2D eigenvalue weighted by Crippen LogP contribution is 2.38. The average molecular weight is 343 g/mol. The molecular weight excluding hydrogens is 316 g/mol. The second-order valence-electron chi connectivity index (χ2n) is 7.81. The number of piperidine rings is 1. The standard InChI is InChI=1S/C16H26N4O2.ClH/c1-15(2,3)14(21)20-9-4-6-11(10-20)12-18-13(19-22-12)16(17)7-5-8-16;/h11H,4-10,17H2,1-3H3;1H. The lowest BCUT2D eigenvalue weighted by atomic mass is 9.77. The second kappa shape index (κ2) is 6.40. The monoisotopic (exact) mass is 342 g/mol. The normalized spacial score (nSPS) is 23.8. The maximum Gasteiger partial charge on any atom is 0.231 e. The summed E-state index contributed by atoms with van der Waals surface area (Å²) < 4.78 is 5.46. The highest BCUT2D eigenvalue weighted by Gasteiger charge is 2.40. The van der Waals surface area contributed by atoms with Gasteiger partial charge < -0.3 is 15.2 Å².